The molecule has 0 amide bonds. The van der Waals surface area contributed by atoms with Gasteiger partial charge in [0.15, 0.2) is 11.6 Å². The molecular formula is C55H50N8. The first-order valence-electron chi connectivity index (χ1n) is 22.1. The normalized spacial score (nSPS) is 17.1. The van der Waals surface area contributed by atoms with E-state index in [0.717, 1.165) is 132 Å². The van der Waals surface area contributed by atoms with Crippen LogP contribution in [0.25, 0.3) is 44.6 Å². The zero-order valence-electron chi connectivity index (χ0n) is 35.5. The summed E-state index contributed by atoms with van der Waals surface area (Å²) in [6, 6.07) is 31.3. The van der Waals surface area contributed by atoms with Gasteiger partial charge in [-0.2, -0.15) is 0 Å². The largest absolute Gasteiger partial charge is 0.366 e. The van der Waals surface area contributed by atoms with Gasteiger partial charge < -0.3 is 10.6 Å². The van der Waals surface area contributed by atoms with Gasteiger partial charge in [0.2, 0.25) is 0 Å². The number of pyridine rings is 2. The standard InChI is InChI=1S/C55H50N8/c1-39-27-28-40(19-14-22-46(33-39)58-54-48-23-10-12-25-50(48)60-52(62-54)43-20-15-31-56-37-43)17-8-6-4-2-3-5-7-9-18-41-29-30-42-35-47(36-45(42)34-41)59-55-49-24-11-13-26-51(49)61-53(63-55)44-21-16-32-57-38-44/h10-13,15-16,19-21,23-32,34,37-38,46-47H,1-7,14,22,33,35-36H2,(H,58,60,62)(H,59,61,63)/b28-27-,40-19-. The van der Waals surface area contributed by atoms with E-state index in [1.807, 2.05) is 66.9 Å². The van der Waals surface area contributed by atoms with Crippen LogP contribution in [-0.2, 0) is 12.8 Å². The summed E-state index contributed by atoms with van der Waals surface area (Å²) < 4.78 is 0. The summed E-state index contributed by atoms with van der Waals surface area (Å²) in [6.45, 7) is 4.37. The number of nitrogens with one attached hydrogen (secondary N) is 2. The van der Waals surface area contributed by atoms with Crippen molar-refractivity contribution in [3.05, 3.63) is 168 Å². The number of unbranched alkanes of at least 4 members (excludes halogenated alkanes) is 5. The van der Waals surface area contributed by atoms with E-state index in [4.69, 9.17) is 19.9 Å². The van der Waals surface area contributed by atoms with Crippen LogP contribution in [0.4, 0.5) is 11.6 Å². The Morgan fingerprint density at radius 1 is 0.587 bits per heavy atom. The molecule has 3 aromatic carbocycles. The van der Waals surface area contributed by atoms with E-state index in [1.54, 1.807) is 18.6 Å². The first-order valence-corrected chi connectivity index (χ1v) is 22.1. The van der Waals surface area contributed by atoms with Crippen LogP contribution in [0, 0.1) is 23.7 Å². The van der Waals surface area contributed by atoms with Crippen molar-refractivity contribution < 1.29 is 0 Å². The van der Waals surface area contributed by atoms with Gasteiger partial charge in [-0.1, -0.05) is 91.2 Å². The molecule has 0 saturated carbocycles. The van der Waals surface area contributed by atoms with Crippen LogP contribution in [0.5, 0.6) is 0 Å². The molecule has 2 N–H and O–H groups in total. The lowest BCUT2D eigenvalue weighted by Gasteiger charge is -2.20. The van der Waals surface area contributed by atoms with Crippen molar-refractivity contribution in [2.24, 2.45) is 0 Å². The number of aromatic nitrogens is 6. The number of rotatable bonds is 11. The van der Waals surface area contributed by atoms with Crippen molar-refractivity contribution >= 4 is 33.4 Å². The van der Waals surface area contributed by atoms with E-state index in [-0.39, 0.29) is 12.1 Å². The third-order valence-corrected chi connectivity index (χ3v) is 11.6. The number of hydrogen-bond acceptors (Lipinski definition) is 8. The molecule has 2 aliphatic rings. The Morgan fingerprint density at radius 3 is 1.86 bits per heavy atom. The average Bonchev–Trinajstić information content (AvgIpc) is 3.75. The molecule has 2 atom stereocenters. The SMILES string of the molecule is C=C1/C=C\C(C#CCCCCCCC#Cc2ccc3c(c2)CC(Nc2nc(-c4cccnc4)nc4ccccc24)C3)=C/CCC(Nc2nc(-c3cccnc3)nc3ccccc23)C1. The lowest BCUT2D eigenvalue weighted by molar-refractivity contribution is 0.659. The average molecular weight is 823 g/mol. The minimum atomic E-state index is 0.172. The predicted molar refractivity (Wildman–Crippen MR) is 257 cm³/mol. The third kappa shape index (κ3) is 10.6. The van der Waals surface area contributed by atoms with E-state index in [1.165, 1.54) is 11.1 Å². The predicted octanol–water partition coefficient (Wildman–Crippen LogP) is 11.7. The van der Waals surface area contributed by atoms with E-state index in [9.17, 15) is 0 Å². The fraction of sp³-hybridized carbons (Fsp3) is 0.236. The van der Waals surface area contributed by atoms with Gasteiger partial charge in [0, 0.05) is 82.7 Å². The lowest BCUT2D eigenvalue weighted by Crippen LogP contribution is -2.21. The van der Waals surface area contributed by atoms with E-state index in [2.05, 4.69) is 99.4 Å². The summed E-state index contributed by atoms with van der Waals surface area (Å²) in [4.78, 5) is 28.1. The number of fused-ring (bicyclic) bond motifs is 3. The summed E-state index contributed by atoms with van der Waals surface area (Å²) in [5.41, 5.74) is 9.59. The van der Waals surface area contributed by atoms with E-state index in [0.29, 0.717) is 11.6 Å². The number of nitrogens with zero attached hydrogens (tertiary/aromatic N) is 6. The first kappa shape index (κ1) is 41.0. The molecule has 0 saturated heterocycles. The molecule has 2 aliphatic carbocycles. The Morgan fingerprint density at radius 2 is 1.21 bits per heavy atom. The van der Waals surface area contributed by atoms with E-state index >= 15 is 0 Å². The molecule has 9 rings (SSSR count). The van der Waals surface area contributed by atoms with Crippen LogP contribution in [0.1, 0.15) is 74.5 Å². The summed E-state index contributed by atoms with van der Waals surface area (Å²) in [7, 11) is 0. The molecular weight excluding hydrogens is 773 g/mol. The topological polar surface area (TPSA) is 101 Å². The van der Waals surface area contributed by atoms with Crippen molar-refractivity contribution in [2.45, 2.75) is 82.7 Å². The van der Waals surface area contributed by atoms with Gasteiger partial charge in [-0.25, -0.2) is 19.9 Å². The number of hydrogen-bond donors (Lipinski definition) is 2. The minimum Gasteiger partial charge on any atom is -0.366 e. The fourth-order valence-corrected chi connectivity index (χ4v) is 8.33. The van der Waals surface area contributed by atoms with Crippen molar-refractivity contribution in [3.63, 3.8) is 0 Å². The van der Waals surface area contributed by atoms with Crippen molar-refractivity contribution in [2.75, 3.05) is 10.6 Å². The van der Waals surface area contributed by atoms with Crippen LogP contribution in [0.15, 0.2) is 152 Å². The molecule has 7 aromatic rings. The highest BCUT2D eigenvalue weighted by Gasteiger charge is 2.23. The minimum absolute atomic E-state index is 0.172. The summed E-state index contributed by atoms with van der Waals surface area (Å²) in [5.74, 6) is 16.8. The van der Waals surface area contributed by atoms with Crippen molar-refractivity contribution in [1.29, 1.82) is 0 Å². The van der Waals surface area contributed by atoms with Gasteiger partial charge >= 0.3 is 0 Å². The second-order valence-electron chi connectivity index (χ2n) is 16.3. The molecule has 8 heteroatoms. The summed E-state index contributed by atoms with van der Waals surface area (Å²) in [5, 5.41) is 9.53. The number of benzene rings is 3. The van der Waals surface area contributed by atoms with Crippen LogP contribution in [0.2, 0.25) is 0 Å². The molecule has 63 heavy (non-hydrogen) atoms. The van der Waals surface area contributed by atoms with Crippen LogP contribution < -0.4 is 10.6 Å². The second kappa shape index (κ2) is 20.0. The second-order valence-corrected chi connectivity index (χ2v) is 16.3. The van der Waals surface area contributed by atoms with Gasteiger partial charge in [-0.15, -0.1) is 0 Å². The van der Waals surface area contributed by atoms with Crippen LogP contribution in [0.3, 0.4) is 0 Å². The maximum atomic E-state index is 4.96. The fourth-order valence-electron chi connectivity index (χ4n) is 8.33. The van der Waals surface area contributed by atoms with Gasteiger partial charge in [0.1, 0.15) is 11.6 Å². The summed E-state index contributed by atoms with van der Waals surface area (Å²) in [6.07, 6.45) is 24.5. The third-order valence-electron chi connectivity index (χ3n) is 11.6. The lowest BCUT2D eigenvalue weighted by atomic mass is 10.0. The van der Waals surface area contributed by atoms with Gasteiger partial charge in [-0.05, 0) is 123 Å². The molecule has 0 bridgehead atoms. The number of para-hydroxylation sites is 2. The molecule has 4 heterocycles. The molecule has 0 aliphatic heterocycles. The van der Waals surface area contributed by atoms with Gasteiger partial charge in [-0.3, -0.25) is 9.97 Å². The van der Waals surface area contributed by atoms with Crippen LogP contribution >= 0.6 is 0 Å². The molecule has 0 fully saturated rings. The number of anilines is 2. The molecule has 8 nitrogen and oxygen atoms in total. The molecule has 4 aromatic heterocycles. The Bertz CT molecular complexity index is 2930. The van der Waals surface area contributed by atoms with Crippen molar-refractivity contribution in [3.8, 4) is 46.5 Å². The summed E-state index contributed by atoms with van der Waals surface area (Å²) >= 11 is 0. The van der Waals surface area contributed by atoms with Gasteiger partial charge in [0.05, 0.1) is 11.0 Å². The maximum Gasteiger partial charge on any atom is 0.163 e. The molecule has 0 spiro atoms. The zero-order valence-corrected chi connectivity index (χ0v) is 35.5. The van der Waals surface area contributed by atoms with E-state index < -0.39 is 0 Å². The first-order chi connectivity index (χ1) is 31.1. The smallest absolute Gasteiger partial charge is 0.163 e. The van der Waals surface area contributed by atoms with Crippen LogP contribution in [-0.4, -0.2) is 42.0 Å². The Kier molecular flexibility index (Phi) is 13.0. The highest BCUT2D eigenvalue weighted by molar-refractivity contribution is 5.91. The highest BCUT2D eigenvalue weighted by atomic mass is 15.1. The Balaban J connectivity index is 0.717. The van der Waals surface area contributed by atoms with Gasteiger partial charge in [0.25, 0.3) is 0 Å². The van der Waals surface area contributed by atoms with Crippen molar-refractivity contribution in [1.82, 2.24) is 29.9 Å². The maximum absolute atomic E-state index is 4.96. The Labute approximate surface area is 370 Å². The molecule has 310 valence electrons. The molecule has 0 radical (unpaired) electrons. The highest BCUT2D eigenvalue weighted by Crippen LogP contribution is 2.31. The quantitative estimate of drug-likeness (QED) is 0.0982. The Hall–Kier alpha value is -7.42. The number of allylic oxidation sites excluding steroid dienone is 4. The zero-order chi connectivity index (χ0) is 42.6. The monoisotopic (exact) mass is 822 g/mol. The molecule has 2 unspecified atom stereocenters.